The summed E-state index contributed by atoms with van der Waals surface area (Å²) >= 11 is 1.07. The lowest BCUT2D eigenvalue weighted by molar-refractivity contribution is 0.265. The number of para-hydroxylation sites is 1. The molecule has 0 radical (unpaired) electrons. The molecule has 2 aromatic carbocycles. The van der Waals surface area contributed by atoms with E-state index in [4.69, 9.17) is 9.47 Å². The van der Waals surface area contributed by atoms with Crippen LogP contribution in [0.4, 0.5) is 10.6 Å². The zero-order valence-corrected chi connectivity index (χ0v) is 16.5. The van der Waals surface area contributed by atoms with Crippen LogP contribution in [0.3, 0.4) is 0 Å². The second-order valence-electron chi connectivity index (χ2n) is 5.95. The molecule has 1 amide bonds. The minimum absolute atomic E-state index is 0.204. The van der Waals surface area contributed by atoms with Crippen LogP contribution in [-0.2, 0) is 0 Å². The number of thioether (sulfide) groups is 1. The molecule has 0 atom stereocenters. The smallest absolute Gasteiger partial charge is 0.289 e. The Bertz CT molecular complexity index is 1140. The molecule has 3 aromatic rings. The summed E-state index contributed by atoms with van der Waals surface area (Å²) in [6.07, 6.45) is 3.32. The molecule has 8 nitrogen and oxygen atoms in total. The van der Waals surface area contributed by atoms with E-state index in [9.17, 15) is 4.79 Å². The summed E-state index contributed by atoms with van der Waals surface area (Å²) in [5.41, 5.74) is 4.58. The van der Waals surface area contributed by atoms with Crippen LogP contribution < -0.4 is 20.2 Å². The maximum absolute atomic E-state index is 11.9. The van der Waals surface area contributed by atoms with E-state index in [1.165, 1.54) is 6.33 Å². The molecule has 0 aliphatic carbocycles. The van der Waals surface area contributed by atoms with Crippen molar-refractivity contribution in [2.24, 2.45) is 5.10 Å². The van der Waals surface area contributed by atoms with Crippen LogP contribution >= 0.6 is 11.8 Å². The summed E-state index contributed by atoms with van der Waals surface area (Å²) in [4.78, 5) is 21.1. The molecule has 2 N–H and O–H groups in total. The number of hydrazone groups is 1. The van der Waals surface area contributed by atoms with Gasteiger partial charge in [-0.15, -0.1) is 0 Å². The van der Waals surface area contributed by atoms with Crippen LogP contribution in [0.15, 0.2) is 58.8 Å². The average Bonchev–Trinajstić information content (AvgIpc) is 3.10. The first-order valence-corrected chi connectivity index (χ1v) is 9.46. The number of anilines is 1. The van der Waals surface area contributed by atoms with Crippen molar-refractivity contribution < 1.29 is 14.3 Å². The molecular formula is C20H17N5O3S. The van der Waals surface area contributed by atoms with Gasteiger partial charge in [0.1, 0.15) is 6.33 Å². The lowest BCUT2D eigenvalue weighted by Gasteiger charge is -2.08. The molecule has 1 fully saturated rings. The van der Waals surface area contributed by atoms with E-state index in [-0.39, 0.29) is 5.24 Å². The predicted molar refractivity (Wildman–Crippen MR) is 114 cm³/mol. The SMILES string of the molecule is COc1ccc(/C=C2\SC(=O)N\C2=N/Nc2ncnc3ccccc23)cc1OC. The van der Waals surface area contributed by atoms with Crippen LogP contribution in [0.1, 0.15) is 5.56 Å². The number of carbonyl (C=O) groups is 1. The van der Waals surface area contributed by atoms with Crippen molar-refractivity contribution in [2.75, 3.05) is 19.6 Å². The van der Waals surface area contributed by atoms with Crippen LogP contribution in [0.25, 0.3) is 17.0 Å². The van der Waals surface area contributed by atoms with Gasteiger partial charge in [0.05, 0.1) is 24.6 Å². The third-order valence-corrected chi connectivity index (χ3v) is 5.00. The monoisotopic (exact) mass is 407 g/mol. The number of hydrogen-bond donors (Lipinski definition) is 2. The molecule has 146 valence electrons. The Balaban J connectivity index is 1.64. The number of benzene rings is 2. The van der Waals surface area contributed by atoms with Gasteiger partial charge in [-0.1, -0.05) is 18.2 Å². The molecular weight excluding hydrogens is 390 g/mol. The second-order valence-corrected chi connectivity index (χ2v) is 6.96. The lowest BCUT2D eigenvalue weighted by atomic mass is 10.2. The number of methoxy groups -OCH3 is 2. The normalized spacial score (nSPS) is 16.3. The summed E-state index contributed by atoms with van der Waals surface area (Å²) in [7, 11) is 3.16. The highest BCUT2D eigenvalue weighted by atomic mass is 32.2. The van der Waals surface area contributed by atoms with Gasteiger partial charge in [-0.3, -0.25) is 15.5 Å². The van der Waals surface area contributed by atoms with Gasteiger partial charge < -0.3 is 9.47 Å². The van der Waals surface area contributed by atoms with Gasteiger partial charge in [-0.25, -0.2) is 9.97 Å². The topological polar surface area (TPSA) is 97.7 Å². The maximum Gasteiger partial charge on any atom is 0.289 e. The number of amidine groups is 1. The van der Waals surface area contributed by atoms with Crippen molar-refractivity contribution in [1.29, 1.82) is 0 Å². The molecule has 0 spiro atoms. The molecule has 4 rings (SSSR count). The number of rotatable bonds is 5. The predicted octanol–water partition coefficient (Wildman–Crippen LogP) is 3.87. The van der Waals surface area contributed by atoms with Crippen LogP contribution in [0, 0.1) is 0 Å². The van der Waals surface area contributed by atoms with Gasteiger partial charge in [0, 0.05) is 5.39 Å². The van der Waals surface area contributed by atoms with Crippen LogP contribution in [-0.4, -0.2) is 35.3 Å². The molecule has 0 bridgehead atoms. The average molecular weight is 407 g/mol. The fourth-order valence-electron chi connectivity index (χ4n) is 2.81. The van der Waals surface area contributed by atoms with Crippen molar-refractivity contribution in [3.8, 4) is 11.5 Å². The van der Waals surface area contributed by atoms with E-state index < -0.39 is 0 Å². The summed E-state index contributed by atoms with van der Waals surface area (Å²) in [5.74, 6) is 2.21. The Labute approximate surface area is 171 Å². The number of hydrogen-bond acceptors (Lipinski definition) is 8. The Morgan fingerprint density at radius 2 is 1.93 bits per heavy atom. The van der Waals surface area contributed by atoms with Gasteiger partial charge >= 0.3 is 0 Å². The number of fused-ring (bicyclic) bond motifs is 1. The van der Waals surface area contributed by atoms with Gasteiger partial charge in [-0.2, -0.15) is 5.10 Å². The number of nitrogens with zero attached hydrogens (tertiary/aromatic N) is 3. The summed E-state index contributed by atoms with van der Waals surface area (Å²) in [6, 6.07) is 13.1. The van der Waals surface area contributed by atoms with Crippen LogP contribution in [0.5, 0.6) is 11.5 Å². The van der Waals surface area contributed by atoms with Crippen molar-refractivity contribution in [3.05, 3.63) is 59.3 Å². The van der Waals surface area contributed by atoms with Crippen molar-refractivity contribution in [1.82, 2.24) is 15.3 Å². The Morgan fingerprint density at radius 1 is 1.10 bits per heavy atom. The minimum Gasteiger partial charge on any atom is -0.493 e. The Kier molecular flexibility index (Phi) is 5.30. The van der Waals surface area contributed by atoms with Gasteiger partial charge in [-0.05, 0) is 47.7 Å². The van der Waals surface area contributed by atoms with E-state index in [0.29, 0.717) is 28.1 Å². The third kappa shape index (κ3) is 3.99. The summed E-state index contributed by atoms with van der Waals surface area (Å²) in [5, 5.41) is 7.72. The second kappa shape index (κ2) is 8.19. The fourth-order valence-corrected chi connectivity index (χ4v) is 3.55. The highest BCUT2D eigenvalue weighted by Crippen LogP contribution is 2.31. The third-order valence-electron chi connectivity index (χ3n) is 4.18. The molecule has 2 heterocycles. The van der Waals surface area contributed by atoms with E-state index in [1.807, 2.05) is 48.5 Å². The molecule has 1 saturated heterocycles. The summed E-state index contributed by atoms with van der Waals surface area (Å²) < 4.78 is 10.6. The van der Waals surface area contributed by atoms with Gasteiger partial charge in [0.25, 0.3) is 5.24 Å². The number of carbonyl (C=O) groups excluding carboxylic acids is 1. The quantitative estimate of drug-likeness (QED) is 0.620. The molecule has 0 unspecified atom stereocenters. The molecule has 0 saturated carbocycles. The Morgan fingerprint density at radius 3 is 2.76 bits per heavy atom. The first-order valence-electron chi connectivity index (χ1n) is 8.64. The molecule has 1 aliphatic rings. The number of amides is 1. The van der Waals surface area contributed by atoms with Crippen molar-refractivity contribution in [3.63, 3.8) is 0 Å². The van der Waals surface area contributed by atoms with E-state index in [1.54, 1.807) is 14.2 Å². The lowest BCUT2D eigenvalue weighted by Crippen LogP contribution is -2.20. The molecule has 29 heavy (non-hydrogen) atoms. The standard InChI is InChI=1S/C20H17N5O3S/c1-27-15-8-7-12(9-16(15)28-2)10-17-19(23-20(26)29-17)25-24-18-13-5-3-4-6-14(13)21-11-22-18/h3-11H,1-2H3,(H,21,22,24)(H,23,25,26)/b17-10-. The van der Waals surface area contributed by atoms with E-state index in [2.05, 4.69) is 25.8 Å². The zero-order valence-electron chi connectivity index (χ0n) is 15.7. The van der Waals surface area contributed by atoms with E-state index in [0.717, 1.165) is 28.2 Å². The van der Waals surface area contributed by atoms with Crippen molar-refractivity contribution in [2.45, 2.75) is 0 Å². The minimum atomic E-state index is -0.204. The largest absolute Gasteiger partial charge is 0.493 e. The molecule has 1 aromatic heterocycles. The van der Waals surface area contributed by atoms with Gasteiger partial charge in [0.15, 0.2) is 23.2 Å². The maximum atomic E-state index is 11.9. The Hall–Kier alpha value is -3.59. The number of ether oxygens (including phenoxy) is 2. The van der Waals surface area contributed by atoms with Crippen molar-refractivity contribution >= 4 is 45.6 Å². The fraction of sp³-hybridized carbons (Fsp3) is 0.100. The molecule has 1 aliphatic heterocycles. The highest BCUT2D eigenvalue weighted by Gasteiger charge is 2.24. The number of nitrogens with one attached hydrogen (secondary N) is 2. The highest BCUT2D eigenvalue weighted by molar-refractivity contribution is 8.18. The number of aromatic nitrogens is 2. The zero-order chi connectivity index (χ0) is 20.2. The first-order chi connectivity index (χ1) is 14.2. The van der Waals surface area contributed by atoms with Crippen LogP contribution in [0.2, 0.25) is 0 Å². The van der Waals surface area contributed by atoms with Gasteiger partial charge in [0.2, 0.25) is 0 Å². The summed E-state index contributed by atoms with van der Waals surface area (Å²) in [6.45, 7) is 0. The first kappa shape index (κ1) is 18.8. The van der Waals surface area contributed by atoms with E-state index >= 15 is 0 Å². The molecule has 9 heteroatoms.